The molecule has 0 spiro atoms. The van der Waals surface area contributed by atoms with Crippen molar-refractivity contribution >= 4 is 34.4 Å². The fourth-order valence-corrected chi connectivity index (χ4v) is 7.74. The van der Waals surface area contributed by atoms with Gasteiger partial charge in [0.2, 0.25) is 0 Å². The Hall–Kier alpha value is -2.07. The van der Waals surface area contributed by atoms with Gasteiger partial charge >= 0.3 is 0 Å². The second-order valence-corrected chi connectivity index (χ2v) is 10.4. The molecule has 1 heterocycles. The van der Waals surface area contributed by atoms with Crippen LogP contribution in [0.4, 0.5) is 0 Å². The molecule has 0 fully saturated rings. The summed E-state index contributed by atoms with van der Waals surface area (Å²) in [6, 6.07) is 37.3. The van der Waals surface area contributed by atoms with Crippen LogP contribution in [0.5, 0.6) is 0 Å². The highest BCUT2D eigenvalue weighted by atomic mass is 32.2. The van der Waals surface area contributed by atoms with Gasteiger partial charge in [-0.05, 0) is 60.7 Å². The van der Waals surface area contributed by atoms with Crippen LogP contribution in [0.3, 0.4) is 0 Å². The molecule has 0 bridgehead atoms. The van der Waals surface area contributed by atoms with Gasteiger partial charge in [0.25, 0.3) is 0 Å². The Bertz CT molecular complexity index is 1030. The Kier molecular flexibility index (Phi) is 4.74. The summed E-state index contributed by atoms with van der Waals surface area (Å²) in [6.45, 7) is 0. The van der Waals surface area contributed by atoms with E-state index in [1.807, 2.05) is 23.5 Å². The first-order chi connectivity index (χ1) is 13.4. The molecule has 0 saturated heterocycles. The lowest BCUT2D eigenvalue weighted by atomic mass is 10.3. The smallest absolute Gasteiger partial charge is 0.0901 e. The Morgan fingerprint density at radius 2 is 1.04 bits per heavy atom. The average Bonchev–Trinajstić information content (AvgIpc) is 2.73. The van der Waals surface area contributed by atoms with E-state index in [2.05, 4.69) is 103 Å². The van der Waals surface area contributed by atoms with Crippen LogP contribution >= 0.6 is 23.5 Å². The normalized spacial score (nSPS) is 13.0. The van der Waals surface area contributed by atoms with E-state index < -0.39 is 0 Å². The zero-order valence-electron chi connectivity index (χ0n) is 14.5. The van der Waals surface area contributed by atoms with E-state index in [1.54, 1.807) is 0 Å². The second-order valence-electron chi connectivity index (χ2n) is 6.19. The van der Waals surface area contributed by atoms with Crippen LogP contribution in [-0.4, -0.2) is 0 Å². The van der Waals surface area contributed by atoms with Crippen molar-refractivity contribution in [2.24, 2.45) is 0 Å². The number of rotatable bonds is 3. The maximum Gasteiger partial charge on any atom is 0.180 e. The summed E-state index contributed by atoms with van der Waals surface area (Å²) in [4.78, 5) is 9.56. The summed E-state index contributed by atoms with van der Waals surface area (Å²) in [5.41, 5.74) is 0. The summed E-state index contributed by atoms with van der Waals surface area (Å²) in [5, 5.41) is 0. The standard InChI is InChI=1S/C24H17S3/c1-2-8-18(9-3-1)25-19-14-16-20(17-15-19)27-23-12-6-4-10-21(23)26-22-11-5-7-13-24(22)27/h1-17H/q+1. The Balaban J connectivity index is 1.53. The maximum atomic E-state index is 2.30. The van der Waals surface area contributed by atoms with Gasteiger partial charge in [-0.2, -0.15) is 0 Å². The third-order valence-electron chi connectivity index (χ3n) is 4.40. The van der Waals surface area contributed by atoms with Crippen molar-refractivity contribution in [3.05, 3.63) is 103 Å². The van der Waals surface area contributed by atoms with Crippen LogP contribution in [0.25, 0.3) is 0 Å². The van der Waals surface area contributed by atoms with Crippen molar-refractivity contribution in [1.29, 1.82) is 0 Å². The summed E-state index contributed by atoms with van der Waals surface area (Å²) >= 11 is 3.70. The average molecular weight is 402 g/mol. The van der Waals surface area contributed by atoms with Crippen LogP contribution in [0.2, 0.25) is 0 Å². The highest BCUT2D eigenvalue weighted by Gasteiger charge is 2.37. The Labute approximate surface area is 171 Å². The molecule has 0 aliphatic carbocycles. The Morgan fingerprint density at radius 3 is 1.67 bits per heavy atom. The predicted molar refractivity (Wildman–Crippen MR) is 116 cm³/mol. The molecule has 0 unspecified atom stereocenters. The minimum atomic E-state index is -0.0427. The van der Waals surface area contributed by atoms with Crippen molar-refractivity contribution in [2.45, 2.75) is 34.3 Å². The first-order valence-corrected chi connectivity index (χ1v) is 11.7. The van der Waals surface area contributed by atoms with Crippen molar-refractivity contribution in [3.8, 4) is 0 Å². The van der Waals surface area contributed by atoms with Crippen LogP contribution in [0, 0.1) is 0 Å². The lowest BCUT2D eigenvalue weighted by molar-refractivity contribution is 1.12. The Morgan fingerprint density at radius 1 is 0.519 bits per heavy atom. The van der Waals surface area contributed by atoms with Crippen molar-refractivity contribution in [1.82, 2.24) is 0 Å². The fourth-order valence-electron chi connectivity index (χ4n) is 3.17. The highest BCUT2D eigenvalue weighted by molar-refractivity contribution is 8.04. The molecule has 0 atom stereocenters. The van der Waals surface area contributed by atoms with Crippen LogP contribution in [0.1, 0.15) is 0 Å². The molecule has 0 aromatic heterocycles. The second kappa shape index (κ2) is 7.51. The predicted octanol–water partition coefficient (Wildman–Crippen LogP) is 7.40. The van der Waals surface area contributed by atoms with Gasteiger partial charge in [-0.3, -0.25) is 0 Å². The van der Waals surface area contributed by atoms with E-state index in [0.717, 1.165) is 0 Å². The van der Waals surface area contributed by atoms with E-state index in [-0.39, 0.29) is 10.9 Å². The molecule has 27 heavy (non-hydrogen) atoms. The molecule has 5 rings (SSSR count). The zero-order valence-corrected chi connectivity index (χ0v) is 17.0. The summed E-state index contributed by atoms with van der Waals surface area (Å²) in [6.07, 6.45) is 0. The first-order valence-electron chi connectivity index (χ1n) is 8.82. The van der Waals surface area contributed by atoms with Gasteiger partial charge in [-0.1, -0.05) is 66.0 Å². The molecule has 0 radical (unpaired) electrons. The SMILES string of the molecule is c1ccc(Sc2ccc([S+]3c4ccccc4Sc4ccccc43)cc2)cc1. The minimum absolute atomic E-state index is 0.0427. The molecule has 130 valence electrons. The van der Waals surface area contributed by atoms with Gasteiger partial charge in [0.15, 0.2) is 14.7 Å². The van der Waals surface area contributed by atoms with Crippen molar-refractivity contribution in [3.63, 3.8) is 0 Å². The third kappa shape index (κ3) is 3.43. The molecule has 0 nitrogen and oxygen atoms in total. The molecule has 0 amide bonds. The molecule has 1 aliphatic heterocycles. The van der Waals surface area contributed by atoms with Gasteiger partial charge in [0.05, 0.1) is 9.79 Å². The number of hydrogen-bond donors (Lipinski definition) is 0. The lowest BCUT2D eigenvalue weighted by Gasteiger charge is -2.18. The summed E-state index contributed by atoms with van der Waals surface area (Å²) < 4.78 is 0. The van der Waals surface area contributed by atoms with Crippen LogP contribution in [-0.2, 0) is 10.9 Å². The van der Waals surface area contributed by atoms with E-state index in [9.17, 15) is 0 Å². The van der Waals surface area contributed by atoms with Gasteiger partial charge in [0, 0.05) is 9.79 Å². The van der Waals surface area contributed by atoms with E-state index in [0.29, 0.717) is 0 Å². The molecule has 4 aromatic carbocycles. The highest BCUT2D eigenvalue weighted by Crippen LogP contribution is 2.48. The largest absolute Gasteiger partial charge is 0.180 e. The third-order valence-corrected chi connectivity index (χ3v) is 9.16. The van der Waals surface area contributed by atoms with Gasteiger partial charge in [-0.25, -0.2) is 0 Å². The number of fused-ring (bicyclic) bond motifs is 2. The van der Waals surface area contributed by atoms with Crippen molar-refractivity contribution in [2.75, 3.05) is 0 Å². The number of hydrogen-bond acceptors (Lipinski definition) is 2. The maximum absolute atomic E-state index is 2.30. The topological polar surface area (TPSA) is 0 Å². The molecule has 3 heteroatoms. The molecule has 0 N–H and O–H groups in total. The van der Waals surface area contributed by atoms with Gasteiger partial charge in [-0.15, -0.1) is 0 Å². The van der Waals surface area contributed by atoms with Gasteiger partial charge < -0.3 is 0 Å². The van der Waals surface area contributed by atoms with E-state index in [4.69, 9.17) is 0 Å². The van der Waals surface area contributed by atoms with Gasteiger partial charge in [0.1, 0.15) is 10.9 Å². The summed E-state index contributed by atoms with van der Waals surface area (Å²) in [5.74, 6) is 0. The molecule has 0 saturated carbocycles. The number of benzene rings is 4. The fraction of sp³-hybridized carbons (Fsp3) is 0. The van der Waals surface area contributed by atoms with E-state index in [1.165, 1.54) is 34.3 Å². The molecular weight excluding hydrogens is 384 g/mol. The minimum Gasteiger partial charge on any atom is -0.0901 e. The quantitative estimate of drug-likeness (QED) is 0.289. The first kappa shape index (κ1) is 17.1. The van der Waals surface area contributed by atoms with E-state index >= 15 is 0 Å². The van der Waals surface area contributed by atoms with Crippen molar-refractivity contribution < 1.29 is 0 Å². The lowest BCUT2D eigenvalue weighted by Crippen LogP contribution is -2.10. The van der Waals surface area contributed by atoms with Crippen LogP contribution in [0.15, 0.2) is 137 Å². The zero-order chi connectivity index (χ0) is 18.1. The summed E-state index contributed by atoms with van der Waals surface area (Å²) in [7, 11) is -0.0427. The van der Waals surface area contributed by atoms with Crippen LogP contribution < -0.4 is 0 Å². The monoisotopic (exact) mass is 401 g/mol. The molecular formula is C24H17S3+. The molecule has 4 aromatic rings. The molecule has 1 aliphatic rings.